The summed E-state index contributed by atoms with van der Waals surface area (Å²) in [7, 11) is 2.60. The SMILES string of the molecule is CCCO.CCN(C(C)C)C(C)C.COC(=O)c1cnc(Cl)nc1.COC(=O)c1cnc(N[C@@H]2CCN(C(=O)OC3C4CC5CC3CC(O)(C5)C4)C2)nc1.N[C@@H]1CCN(C(=O)OC2C3CC4CC2CC(O)(C4)C3)C1. The van der Waals surface area contributed by atoms with Crippen molar-refractivity contribution < 1.29 is 53.4 Å². The number of halogens is 1. The largest absolute Gasteiger partial charge is 0.465 e. The number of carbonyl (C=O) groups is 4. The highest BCUT2D eigenvalue weighted by atomic mass is 35.5. The normalized spacial score (nSPS) is 31.5. The number of hydrogen-bond acceptors (Lipinski definition) is 18. The molecule has 8 aliphatic carbocycles. The molecule has 20 nitrogen and oxygen atoms in total. The van der Waals surface area contributed by atoms with Crippen molar-refractivity contribution in [3.05, 3.63) is 41.2 Å². The van der Waals surface area contributed by atoms with Gasteiger partial charge in [0.1, 0.15) is 12.2 Å². The zero-order valence-corrected chi connectivity index (χ0v) is 45.6. The quantitative estimate of drug-likeness (QED) is 0.0985. The summed E-state index contributed by atoms with van der Waals surface area (Å²) in [6.45, 7) is 17.1. The molecule has 74 heavy (non-hydrogen) atoms. The van der Waals surface area contributed by atoms with Gasteiger partial charge in [-0.1, -0.05) is 13.8 Å². The second-order valence-electron chi connectivity index (χ2n) is 22.4. The van der Waals surface area contributed by atoms with Crippen molar-refractivity contribution in [2.24, 2.45) is 41.2 Å². The Morgan fingerprint density at radius 1 is 0.716 bits per heavy atom. The summed E-state index contributed by atoms with van der Waals surface area (Å²) < 4.78 is 20.9. The zero-order chi connectivity index (χ0) is 53.9. The lowest BCUT2D eigenvalue weighted by atomic mass is 9.53. The summed E-state index contributed by atoms with van der Waals surface area (Å²) in [5.74, 6) is 2.03. The zero-order valence-electron chi connectivity index (χ0n) is 44.9. The average molecular weight is 1060 g/mol. The number of aliphatic hydroxyl groups is 3. The molecule has 6 N–H and O–H groups in total. The van der Waals surface area contributed by atoms with Gasteiger partial charge in [-0.15, -0.1) is 0 Å². The molecular formula is C53H84ClN9O11. The van der Waals surface area contributed by atoms with Crippen LogP contribution in [-0.4, -0.2) is 175 Å². The summed E-state index contributed by atoms with van der Waals surface area (Å²) in [5.41, 5.74) is 5.44. The summed E-state index contributed by atoms with van der Waals surface area (Å²) >= 11 is 5.39. The van der Waals surface area contributed by atoms with Crippen molar-refractivity contribution >= 4 is 41.7 Å². The standard InChI is InChI=1S/C21H28N4O5.C15H24N2O3.C8H19N.C6H5ClN2O2.C3H8O/c1-29-18(26)15-9-22-19(23-10-15)24-16-2-3-25(11-16)20(27)30-17-13-4-12-5-14(17)8-21(28,6-12)7-13;16-12-1-2-17(8-12)14(18)20-13-10-3-9-4-11(13)7-15(19,5-9)6-10;1-6-9(7(2)3)8(4)5;1-11-5(10)4-2-8-6(7)9-3-4;1-2-3-4/h9-10,12-14,16-17,28H,2-8,11H2,1H3,(H,22,23,24);9-13,19H,1-8,16H2;7-8H,6H2,1-5H3;2-3H,1H3;4H,2-3H2,1H3/t12?,13?,14?,16-,17?,21?;9?,10?,11?,12-,13?,15?;;;/m11.../s1. The van der Waals surface area contributed by atoms with Gasteiger partial charge in [-0.05, 0) is 165 Å². The van der Waals surface area contributed by atoms with Crippen LogP contribution in [0.4, 0.5) is 15.5 Å². The minimum absolute atomic E-state index is 0.0242. The summed E-state index contributed by atoms with van der Waals surface area (Å²) in [6, 6.07) is 1.51. The predicted octanol–water partition coefficient (Wildman–Crippen LogP) is 6.35. The highest BCUT2D eigenvalue weighted by Crippen LogP contribution is 2.58. The van der Waals surface area contributed by atoms with Crippen molar-refractivity contribution in [3.63, 3.8) is 0 Å². The van der Waals surface area contributed by atoms with Gasteiger partial charge in [-0.3, -0.25) is 4.90 Å². The summed E-state index contributed by atoms with van der Waals surface area (Å²) in [4.78, 5) is 68.7. The fourth-order valence-electron chi connectivity index (χ4n) is 13.3. The smallest absolute Gasteiger partial charge is 0.410 e. The van der Waals surface area contributed by atoms with E-state index in [9.17, 15) is 29.4 Å². The fourth-order valence-corrected chi connectivity index (χ4v) is 13.4. The van der Waals surface area contributed by atoms with E-state index in [1.807, 2.05) is 6.92 Å². The van der Waals surface area contributed by atoms with Crippen LogP contribution < -0.4 is 11.1 Å². The first kappa shape index (κ1) is 58.8. The number of ether oxygens (including phenoxy) is 4. The maximum Gasteiger partial charge on any atom is 0.410 e. The molecule has 10 aliphatic rings. The van der Waals surface area contributed by atoms with Gasteiger partial charge in [-0.25, -0.2) is 39.1 Å². The number of hydrogen-bond donors (Lipinski definition) is 5. The van der Waals surface area contributed by atoms with Gasteiger partial charge in [0, 0.05) is 81.7 Å². The Kier molecular flexibility index (Phi) is 21.1. The number of esters is 2. The lowest BCUT2D eigenvalue weighted by molar-refractivity contribution is -0.177. The average Bonchev–Trinajstić information content (AvgIpc) is 4.02. The van der Waals surface area contributed by atoms with Crippen molar-refractivity contribution in [3.8, 4) is 0 Å². The fraction of sp³-hybridized carbons (Fsp3) is 0.774. The first-order valence-corrected chi connectivity index (χ1v) is 27.3. The van der Waals surface area contributed by atoms with E-state index in [1.54, 1.807) is 9.80 Å². The number of nitrogens with one attached hydrogen (secondary N) is 1. The Bertz CT molecular complexity index is 2100. The number of carbonyl (C=O) groups excluding carboxylic acids is 4. The van der Waals surface area contributed by atoms with Crippen LogP contribution in [0.3, 0.4) is 0 Å². The van der Waals surface area contributed by atoms with Crippen molar-refractivity contribution in [2.45, 2.75) is 173 Å². The number of amides is 2. The first-order valence-electron chi connectivity index (χ1n) is 26.9. The van der Waals surface area contributed by atoms with E-state index in [4.69, 9.17) is 31.9 Å². The number of rotatable bonds is 10. The molecule has 2 aliphatic heterocycles. The minimum Gasteiger partial charge on any atom is -0.465 e. The molecule has 12 rings (SSSR count). The number of aliphatic hydroxyl groups excluding tert-OH is 1. The van der Waals surface area contributed by atoms with E-state index in [0.717, 1.165) is 90.0 Å². The van der Waals surface area contributed by atoms with Crippen LogP contribution in [0.1, 0.15) is 146 Å². The molecule has 4 heterocycles. The van der Waals surface area contributed by atoms with E-state index in [2.05, 4.69) is 74.2 Å². The number of nitrogens with zero attached hydrogens (tertiary/aromatic N) is 7. The first-order chi connectivity index (χ1) is 35.2. The molecule has 10 fully saturated rings. The van der Waals surface area contributed by atoms with E-state index >= 15 is 0 Å². The maximum atomic E-state index is 12.8. The van der Waals surface area contributed by atoms with Crippen LogP contribution in [0.25, 0.3) is 0 Å². The van der Waals surface area contributed by atoms with E-state index in [-0.39, 0.29) is 47.3 Å². The van der Waals surface area contributed by atoms with Gasteiger partial charge >= 0.3 is 24.1 Å². The van der Waals surface area contributed by atoms with Crippen LogP contribution in [0, 0.1) is 35.5 Å². The number of nitrogens with two attached hydrogens (primary N) is 1. The van der Waals surface area contributed by atoms with Gasteiger partial charge < -0.3 is 55.1 Å². The number of anilines is 1. The summed E-state index contributed by atoms with van der Waals surface area (Å²) in [5, 5.41) is 32.4. The number of likely N-dealkylation sites (tertiary alicyclic amines) is 2. The lowest BCUT2D eigenvalue weighted by Gasteiger charge is -2.57. The number of methoxy groups -OCH3 is 2. The van der Waals surface area contributed by atoms with Crippen molar-refractivity contribution in [2.75, 3.05) is 58.9 Å². The number of aromatic nitrogens is 4. The third-order valence-electron chi connectivity index (χ3n) is 16.1. The van der Waals surface area contributed by atoms with Gasteiger partial charge in [0.15, 0.2) is 0 Å². The molecule has 8 saturated carbocycles. The van der Waals surface area contributed by atoms with Gasteiger partial charge in [0.25, 0.3) is 0 Å². The monoisotopic (exact) mass is 1060 g/mol. The van der Waals surface area contributed by atoms with Crippen LogP contribution >= 0.6 is 11.6 Å². The molecule has 414 valence electrons. The molecule has 21 heteroatoms. The van der Waals surface area contributed by atoms with Gasteiger partial charge in [-0.2, -0.15) is 0 Å². The molecule has 2 aromatic heterocycles. The van der Waals surface area contributed by atoms with Crippen LogP contribution in [-0.2, 0) is 18.9 Å². The molecule has 0 spiro atoms. The van der Waals surface area contributed by atoms with Crippen LogP contribution in [0.5, 0.6) is 0 Å². The molecule has 6 atom stereocenters. The second-order valence-corrected chi connectivity index (χ2v) is 22.8. The molecule has 0 radical (unpaired) electrons. The molecule has 4 unspecified atom stereocenters. The van der Waals surface area contributed by atoms with Gasteiger partial charge in [0.05, 0.1) is 36.5 Å². The topological polar surface area (TPSA) is 265 Å². The Balaban J connectivity index is 0.000000174. The Hall–Kier alpha value is -4.47. The van der Waals surface area contributed by atoms with E-state index < -0.39 is 23.1 Å². The Labute approximate surface area is 442 Å². The molecule has 2 saturated heterocycles. The maximum absolute atomic E-state index is 12.8. The third-order valence-corrected chi connectivity index (χ3v) is 16.3. The van der Waals surface area contributed by atoms with Crippen molar-refractivity contribution in [1.82, 2.24) is 34.6 Å². The molecule has 2 amide bonds. The third kappa shape index (κ3) is 15.6. The highest BCUT2D eigenvalue weighted by molar-refractivity contribution is 6.28. The molecule has 0 aromatic carbocycles. The minimum atomic E-state index is -0.522. The van der Waals surface area contributed by atoms with Gasteiger partial charge in [0.2, 0.25) is 11.2 Å². The summed E-state index contributed by atoms with van der Waals surface area (Å²) in [6.07, 6.45) is 16.9. The van der Waals surface area contributed by atoms with E-state index in [0.29, 0.717) is 91.9 Å². The molecule has 2 aromatic rings. The van der Waals surface area contributed by atoms with Crippen LogP contribution in [0.15, 0.2) is 24.8 Å². The molecule has 8 bridgehead atoms. The Morgan fingerprint density at radius 3 is 1.46 bits per heavy atom. The second kappa shape index (κ2) is 26.5. The van der Waals surface area contributed by atoms with E-state index in [1.165, 1.54) is 39.0 Å². The molecular weight excluding hydrogens is 974 g/mol. The highest BCUT2D eigenvalue weighted by Gasteiger charge is 2.57. The Morgan fingerprint density at radius 2 is 1.12 bits per heavy atom. The van der Waals surface area contributed by atoms with Crippen molar-refractivity contribution in [1.29, 1.82) is 0 Å². The lowest BCUT2D eigenvalue weighted by Crippen LogP contribution is -2.58. The van der Waals surface area contributed by atoms with Crippen LogP contribution in [0.2, 0.25) is 5.28 Å². The predicted molar refractivity (Wildman–Crippen MR) is 277 cm³/mol.